The van der Waals surface area contributed by atoms with Crippen molar-refractivity contribution in [3.05, 3.63) is 77.5 Å². The standard InChI is InChI=1S/C21H20N6O2/c1-3-18-25-21(29-26-18)16-9-10-22-19(11-16)27-14(2)17(13-24-27)20(28)23-12-15-7-5-4-6-8-15/h4-11,13H,3,12H2,1-2H3,(H,23,28). The second-order valence-corrected chi connectivity index (χ2v) is 6.50. The van der Waals surface area contributed by atoms with E-state index in [9.17, 15) is 4.79 Å². The fourth-order valence-electron chi connectivity index (χ4n) is 2.92. The van der Waals surface area contributed by atoms with Crippen LogP contribution in [0, 0.1) is 6.92 Å². The van der Waals surface area contributed by atoms with Crippen LogP contribution in [-0.4, -0.2) is 30.8 Å². The van der Waals surface area contributed by atoms with Gasteiger partial charge in [0.2, 0.25) is 0 Å². The molecule has 8 nitrogen and oxygen atoms in total. The number of benzene rings is 1. The summed E-state index contributed by atoms with van der Waals surface area (Å²) in [6, 6.07) is 13.4. The van der Waals surface area contributed by atoms with Crippen LogP contribution in [0.2, 0.25) is 0 Å². The molecule has 8 heteroatoms. The van der Waals surface area contributed by atoms with Gasteiger partial charge in [-0.2, -0.15) is 10.1 Å². The summed E-state index contributed by atoms with van der Waals surface area (Å²) in [5.41, 5.74) is 2.97. The second kappa shape index (κ2) is 8.05. The topological polar surface area (TPSA) is 98.7 Å². The number of aryl methyl sites for hydroxylation is 1. The normalized spacial score (nSPS) is 10.8. The molecule has 0 saturated heterocycles. The van der Waals surface area contributed by atoms with Crippen LogP contribution >= 0.6 is 0 Å². The summed E-state index contributed by atoms with van der Waals surface area (Å²) in [4.78, 5) is 21.3. The van der Waals surface area contributed by atoms with Crippen molar-refractivity contribution < 1.29 is 9.32 Å². The van der Waals surface area contributed by atoms with Crippen molar-refractivity contribution in [3.63, 3.8) is 0 Å². The smallest absolute Gasteiger partial charge is 0.258 e. The zero-order chi connectivity index (χ0) is 20.2. The minimum atomic E-state index is -0.182. The summed E-state index contributed by atoms with van der Waals surface area (Å²) in [7, 11) is 0. The van der Waals surface area contributed by atoms with Crippen LogP contribution in [0.4, 0.5) is 0 Å². The molecule has 29 heavy (non-hydrogen) atoms. The van der Waals surface area contributed by atoms with Gasteiger partial charge < -0.3 is 9.84 Å². The Bertz CT molecular complexity index is 1130. The molecule has 1 N–H and O–H groups in total. The molecule has 0 aliphatic heterocycles. The second-order valence-electron chi connectivity index (χ2n) is 6.50. The SMILES string of the molecule is CCc1noc(-c2ccnc(-n3ncc(C(=O)NCc4ccccc4)c3C)c2)n1. The largest absolute Gasteiger partial charge is 0.348 e. The van der Waals surface area contributed by atoms with E-state index in [0.717, 1.165) is 11.1 Å². The maximum Gasteiger partial charge on any atom is 0.258 e. The van der Waals surface area contributed by atoms with Crippen molar-refractivity contribution in [2.75, 3.05) is 0 Å². The maximum absolute atomic E-state index is 12.6. The molecule has 0 aliphatic rings. The Kier molecular flexibility index (Phi) is 5.15. The zero-order valence-electron chi connectivity index (χ0n) is 16.2. The summed E-state index contributed by atoms with van der Waals surface area (Å²) < 4.78 is 6.92. The van der Waals surface area contributed by atoms with Crippen molar-refractivity contribution in [1.82, 2.24) is 30.2 Å². The number of aromatic nitrogens is 5. The number of amides is 1. The van der Waals surface area contributed by atoms with E-state index >= 15 is 0 Å². The Labute approximate surface area is 167 Å². The van der Waals surface area contributed by atoms with E-state index in [1.165, 1.54) is 0 Å². The number of carbonyl (C=O) groups is 1. The average Bonchev–Trinajstić information content (AvgIpc) is 3.40. The van der Waals surface area contributed by atoms with Crippen LogP contribution in [0.25, 0.3) is 17.3 Å². The van der Waals surface area contributed by atoms with Crippen molar-refractivity contribution >= 4 is 5.91 Å². The van der Waals surface area contributed by atoms with Crippen LogP contribution in [-0.2, 0) is 13.0 Å². The van der Waals surface area contributed by atoms with Gasteiger partial charge in [0.05, 0.1) is 17.5 Å². The van der Waals surface area contributed by atoms with Gasteiger partial charge in [-0.05, 0) is 24.6 Å². The molecule has 0 bridgehead atoms. The number of nitrogens with one attached hydrogen (secondary N) is 1. The van der Waals surface area contributed by atoms with Crippen molar-refractivity contribution in [2.24, 2.45) is 0 Å². The van der Waals surface area contributed by atoms with Gasteiger partial charge >= 0.3 is 0 Å². The Morgan fingerprint density at radius 1 is 1.21 bits per heavy atom. The first kappa shape index (κ1) is 18.5. The predicted octanol–water partition coefficient (Wildman–Crippen LogP) is 3.12. The lowest BCUT2D eigenvalue weighted by molar-refractivity contribution is 0.0950. The molecule has 0 aliphatic carbocycles. The molecule has 1 amide bonds. The molecule has 3 heterocycles. The highest BCUT2D eigenvalue weighted by Crippen LogP contribution is 2.20. The molecule has 0 fully saturated rings. The van der Waals surface area contributed by atoms with Gasteiger partial charge in [0.25, 0.3) is 11.8 Å². The zero-order valence-corrected chi connectivity index (χ0v) is 16.2. The van der Waals surface area contributed by atoms with E-state index in [1.807, 2.05) is 44.2 Å². The Morgan fingerprint density at radius 2 is 2.03 bits per heavy atom. The van der Waals surface area contributed by atoms with E-state index in [4.69, 9.17) is 4.52 Å². The molecule has 0 atom stereocenters. The van der Waals surface area contributed by atoms with Gasteiger partial charge in [-0.15, -0.1) is 0 Å². The molecule has 3 aromatic heterocycles. The predicted molar refractivity (Wildman–Crippen MR) is 106 cm³/mol. The number of hydrogen-bond acceptors (Lipinski definition) is 6. The summed E-state index contributed by atoms with van der Waals surface area (Å²) in [5.74, 6) is 1.46. The molecule has 1 aromatic carbocycles. The third kappa shape index (κ3) is 3.91. The maximum atomic E-state index is 12.6. The number of pyridine rings is 1. The highest BCUT2D eigenvalue weighted by Gasteiger charge is 2.17. The minimum absolute atomic E-state index is 0.182. The first-order chi connectivity index (χ1) is 14.2. The Hall–Kier alpha value is -3.81. The lowest BCUT2D eigenvalue weighted by Gasteiger charge is -2.07. The lowest BCUT2D eigenvalue weighted by atomic mass is 10.2. The van der Waals surface area contributed by atoms with E-state index in [2.05, 4.69) is 25.5 Å². The summed E-state index contributed by atoms with van der Waals surface area (Å²) in [6.45, 7) is 4.25. The monoisotopic (exact) mass is 388 g/mol. The first-order valence-corrected chi connectivity index (χ1v) is 9.32. The summed E-state index contributed by atoms with van der Waals surface area (Å²) >= 11 is 0. The van der Waals surface area contributed by atoms with Crippen molar-refractivity contribution in [1.29, 1.82) is 0 Å². The molecular weight excluding hydrogens is 368 g/mol. The highest BCUT2D eigenvalue weighted by molar-refractivity contribution is 5.95. The molecule has 0 saturated carbocycles. The molecule has 4 rings (SSSR count). The van der Waals surface area contributed by atoms with Crippen LogP contribution in [0.5, 0.6) is 0 Å². The molecular formula is C21H20N6O2. The van der Waals surface area contributed by atoms with E-state index in [1.54, 1.807) is 29.2 Å². The third-order valence-corrected chi connectivity index (χ3v) is 4.54. The van der Waals surface area contributed by atoms with E-state index in [-0.39, 0.29) is 5.91 Å². The lowest BCUT2D eigenvalue weighted by Crippen LogP contribution is -2.23. The number of hydrogen-bond donors (Lipinski definition) is 1. The van der Waals surface area contributed by atoms with E-state index < -0.39 is 0 Å². The first-order valence-electron chi connectivity index (χ1n) is 9.32. The van der Waals surface area contributed by atoms with Crippen molar-refractivity contribution in [3.8, 4) is 17.3 Å². The molecule has 0 unspecified atom stereocenters. The quantitative estimate of drug-likeness (QED) is 0.545. The summed E-state index contributed by atoms with van der Waals surface area (Å²) in [6.07, 6.45) is 3.89. The third-order valence-electron chi connectivity index (χ3n) is 4.54. The fourth-order valence-corrected chi connectivity index (χ4v) is 2.92. The molecule has 0 spiro atoms. The molecule has 0 radical (unpaired) electrons. The van der Waals surface area contributed by atoms with E-state index in [0.29, 0.717) is 41.8 Å². The molecule has 146 valence electrons. The number of nitrogens with zero attached hydrogens (tertiary/aromatic N) is 5. The van der Waals surface area contributed by atoms with Gasteiger partial charge in [0.15, 0.2) is 11.6 Å². The number of rotatable bonds is 6. The van der Waals surface area contributed by atoms with Crippen LogP contribution in [0.15, 0.2) is 59.4 Å². The summed E-state index contributed by atoms with van der Waals surface area (Å²) in [5, 5.41) is 11.2. The average molecular weight is 388 g/mol. The Morgan fingerprint density at radius 3 is 2.79 bits per heavy atom. The van der Waals surface area contributed by atoms with Crippen LogP contribution < -0.4 is 5.32 Å². The fraction of sp³-hybridized carbons (Fsp3) is 0.190. The van der Waals surface area contributed by atoms with Gasteiger partial charge in [-0.25, -0.2) is 9.67 Å². The van der Waals surface area contributed by atoms with Gasteiger partial charge in [0, 0.05) is 24.7 Å². The van der Waals surface area contributed by atoms with Gasteiger partial charge in [0.1, 0.15) is 0 Å². The number of carbonyl (C=O) groups excluding carboxylic acids is 1. The minimum Gasteiger partial charge on any atom is -0.348 e. The van der Waals surface area contributed by atoms with Crippen molar-refractivity contribution in [2.45, 2.75) is 26.8 Å². The van der Waals surface area contributed by atoms with Crippen LogP contribution in [0.1, 0.15) is 34.4 Å². The van der Waals surface area contributed by atoms with Gasteiger partial charge in [-0.3, -0.25) is 4.79 Å². The Balaban J connectivity index is 1.55. The van der Waals surface area contributed by atoms with Gasteiger partial charge in [-0.1, -0.05) is 42.4 Å². The highest BCUT2D eigenvalue weighted by atomic mass is 16.5. The molecule has 4 aromatic rings. The van der Waals surface area contributed by atoms with Crippen LogP contribution in [0.3, 0.4) is 0 Å².